The first-order valence-corrected chi connectivity index (χ1v) is 28.1. The minimum Gasteiger partial charge on any atom is -0.462 e. The average Bonchev–Trinajstić information content (AvgIpc) is 3.30. The van der Waals surface area contributed by atoms with Gasteiger partial charge in [-0.05, 0) is 38.5 Å². The maximum absolute atomic E-state index is 13.2. The normalized spacial score (nSPS) is 13.6. The molecule has 0 fully saturated rings. The number of unbranched alkanes of at least 4 members (excludes halogenated alkanes) is 32. The van der Waals surface area contributed by atoms with Crippen LogP contribution in [0, 0.1) is 0 Å². The number of esters is 1. The van der Waals surface area contributed by atoms with Crippen LogP contribution in [0.15, 0.2) is 60.8 Å². The molecule has 65 heavy (non-hydrogen) atoms. The van der Waals surface area contributed by atoms with Gasteiger partial charge in [0.25, 0.3) is 0 Å². The molecule has 0 aliphatic carbocycles. The summed E-state index contributed by atoms with van der Waals surface area (Å²) in [6, 6.07) is -0.725. The number of rotatable bonds is 50. The highest BCUT2D eigenvalue weighted by Gasteiger charge is 2.24. The third-order valence-electron chi connectivity index (χ3n) is 12.7. The fraction of sp³-hybridized carbons (Fsp3) is 0.797. The summed E-state index contributed by atoms with van der Waals surface area (Å²) < 4.78 is 5.91. The van der Waals surface area contributed by atoms with Gasteiger partial charge >= 0.3 is 5.97 Å². The Kier molecular flexibility index (Phi) is 50.6. The van der Waals surface area contributed by atoms with Crippen LogP contribution in [0.25, 0.3) is 0 Å². The third kappa shape index (κ3) is 47.8. The molecule has 3 atom stereocenters. The molecular weight excluding hydrogens is 803 g/mol. The molecule has 0 saturated carbocycles. The van der Waals surface area contributed by atoms with Crippen LogP contribution in [0.3, 0.4) is 0 Å². The minimum atomic E-state index is -0.807. The first kappa shape index (κ1) is 62.6. The van der Waals surface area contributed by atoms with Gasteiger partial charge in [0.15, 0.2) is 0 Å². The summed E-state index contributed by atoms with van der Waals surface area (Å²) in [4.78, 5) is 26.2. The van der Waals surface area contributed by atoms with E-state index in [1.165, 1.54) is 173 Å². The first-order valence-electron chi connectivity index (χ1n) is 28.1. The van der Waals surface area contributed by atoms with Gasteiger partial charge in [-0.25, -0.2) is 0 Å². The van der Waals surface area contributed by atoms with Crippen molar-refractivity contribution < 1.29 is 24.5 Å². The van der Waals surface area contributed by atoms with E-state index < -0.39 is 18.2 Å². The monoisotopic (exact) mass is 910 g/mol. The van der Waals surface area contributed by atoms with Crippen molar-refractivity contribution in [1.82, 2.24) is 5.32 Å². The van der Waals surface area contributed by atoms with Gasteiger partial charge in [0.2, 0.25) is 5.91 Å². The second kappa shape index (κ2) is 52.5. The zero-order valence-corrected chi connectivity index (χ0v) is 43.1. The summed E-state index contributed by atoms with van der Waals surface area (Å²) in [6.07, 6.45) is 65.8. The quantitative estimate of drug-likeness (QED) is 0.0321. The molecule has 0 bridgehead atoms. The Balaban J connectivity index is 4.57. The Bertz CT molecular complexity index is 1160. The van der Waals surface area contributed by atoms with Gasteiger partial charge in [0.1, 0.15) is 6.10 Å². The lowest BCUT2D eigenvalue weighted by atomic mass is 10.0. The zero-order valence-electron chi connectivity index (χ0n) is 43.1. The Morgan fingerprint density at radius 3 is 1.23 bits per heavy atom. The van der Waals surface area contributed by atoms with Crippen LogP contribution in [0.2, 0.25) is 0 Å². The van der Waals surface area contributed by atoms with Crippen molar-refractivity contribution in [3.8, 4) is 0 Å². The Morgan fingerprint density at radius 2 is 0.831 bits per heavy atom. The third-order valence-corrected chi connectivity index (χ3v) is 12.7. The lowest BCUT2D eigenvalue weighted by Crippen LogP contribution is -2.46. The number of aliphatic hydroxyl groups is 2. The summed E-state index contributed by atoms with van der Waals surface area (Å²) in [5.74, 6) is -0.537. The van der Waals surface area contributed by atoms with E-state index in [0.717, 1.165) is 57.8 Å². The van der Waals surface area contributed by atoms with Crippen LogP contribution < -0.4 is 5.32 Å². The molecule has 0 saturated heterocycles. The first-order chi connectivity index (χ1) is 32.0. The average molecular weight is 911 g/mol. The number of carbonyl (C=O) groups is 2. The molecule has 378 valence electrons. The molecule has 0 aromatic heterocycles. The van der Waals surface area contributed by atoms with Crippen LogP contribution >= 0.6 is 0 Å². The lowest BCUT2D eigenvalue weighted by molar-refractivity contribution is -0.151. The number of nitrogens with one attached hydrogen (secondary N) is 1. The molecule has 6 heteroatoms. The van der Waals surface area contributed by atoms with E-state index in [0.29, 0.717) is 19.3 Å². The summed E-state index contributed by atoms with van der Waals surface area (Å²) in [5, 5.41) is 23.8. The number of carbonyl (C=O) groups excluding carboxylic acids is 2. The Labute approximate surface area is 403 Å². The molecule has 6 nitrogen and oxygen atoms in total. The van der Waals surface area contributed by atoms with Crippen molar-refractivity contribution in [2.45, 2.75) is 296 Å². The molecule has 0 rings (SSSR count). The predicted molar refractivity (Wildman–Crippen MR) is 282 cm³/mol. The maximum atomic E-state index is 13.2. The molecule has 3 unspecified atom stereocenters. The topological polar surface area (TPSA) is 95.9 Å². The second-order valence-corrected chi connectivity index (χ2v) is 19.1. The number of amides is 1. The number of hydrogen-bond donors (Lipinski definition) is 3. The highest BCUT2D eigenvalue weighted by molar-refractivity contribution is 5.77. The van der Waals surface area contributed by atoms with Gasteiger partial charge in [0.05, 0.1) is 25.2 Å². The van der Waals surface area contributed by atoms with Crippen molar-refractivity contribution >= 4 is 11.9 Å². The summed E-state index contributed by atoms with van der Waals surface area (Å²) in [6.45, 7) is 6.35. The van der Waals surface area contributed by atoms with E-state index >= 15 is 0 Å². The van der Waals surface area contributed by atoms with Crippen molar-refractivity contribution in [3.63, 3.8) is 0 Å². The molecule has 1 amide bonds. The molecule has 0 aliphatic rings. The standard InChI is InChI=1S/C59H107NO5/c1-4-7-10-13-16-19-22-25-27-29-30-33-36-39-42-45-48-51-57(62)56(54-61)60-58(63)53-55(50-47-44-41-38-35-32-24-21-18-15-12-9-6-3)65-59(64)52-49-46-43-40-37-34-31-28-26-23-20-17-14-11-8-5-2/h9,12,15,18,21,24,32,35,38,41,55-57,61-62H,4-8,10-11,13-14,16-17,19-20,22-23,25-31,33-34,36-37,39-40,42-54H2,1-3H3,(H,60,63)/b12-9+,18-15+,24-21-,35-32-,41-38+. The van der Waals surface area contributed by atoms with Gasteiger partial charge in [-0.1, -0.05) is 287 Å². The summed E-state index contributed by atoms with van der Waals surface area (Å²) in [5.41, 5.74) is 0. The minimum absolute atomic E-state index is 0.0302. The van der Waals surface area contributed by atoms with E-state index in [9.17, 15) is 19.8 Å². The van der Waals surface area contributed by atoms with Gasteiger partial charge < -0.3 is 20.3 Å². The van der Waals surface area contributed by atoms with E-state index in [1.807, 2.05) is 48.6 Å². The number of hydrogen-bond acceptors (Lipinski definition) is 5. The fourth-order valence-corrected chi connectivity index (χ4v) is 8.52. The second-order valence-electron chi connectivity index (χ2n) is 19.1. The summed E-state index contributed by atoms with van der Waals surface area (Å²) in [7, 11) is 0. The molecule has 0 aromatic carbocycles. The number of aliphatic hydroxyl groups excluding tert-OH is 2. The van der Waals surface area contributed by atoms with Crippen LogP contribution in [0.4, 0.5) is 0 Å². The molecule has 0 aliphatic heterocycles. The van der Waals surface area contributed by atoms with Crippen molar-refractivity contribution in [2.75, 3.05) is 6.61 Å². The maximum Gasteiger partial charge on any atom is 0.306 e. The molecule has 0 aromatic rings. The molecule has 0 spiro atoms. The van der Waals surface area contributed by atoms with Gasteiger partial charge in [-0.3, -0.25) is 9.59 Å². The molecule has 0 heterocycles. The van der Waals surface area contributed by atoms with Crippen LogP contribution in [-0.2, 0) is 14.3 Å². The molecule has 0 radical (unpaired) electrons. The predicted octanol–water partition coefficient (Wildman–Crippen LogP) is 17.2. The summed E-state index contributed by atoms with van der Waals surface area (Å²) >= 11 is 0. The van der Waals surface area contributed by atoms with E-state index in [4.69, 9.17) is 4.74 Å². The lowest BCUT2D eigenvalue weighted by Gasteiger charge is -2.24. The van der Waals surface area contributed by atoms with Gasteiger partial charge in [-0.2, -0.15) is 0 Å². The Morgan fingerprint density at radius 1 is 0.462 bits per heavy atom. The zero-order chi connectivity index (χ0) is 47.4. The van der Waals surface area contributed by atoms with E-state index in [-0.39, 0.29) is 24.9 Å². The van der Waals surface area contributed by atoms with Gasteiger partial charge in [0, 0.05) is 6.42 Å². The van der Waals surface area contributed by atoms with Crippen molar-refractivity contribution in [2.24, 2.45) is 0 Å². The van der Waals surface area contributed by atoms with Crippen LogP contribution in [0.1, 0.15) is 278 Å². The highest BCUT2D eigenvalue weighted by Crippen LogP contribution is 2.18. The largest absolute Gasteiger partial charge is 0.462 e. The fourth-order valence-electron chi connectivity index (χ4n) is 8.52. The smallest absolute Gasteiger partial charge is 0.306 e. The number of ether oxygens (including phenoxy) is 1. The SMILES string of the molecule is CC/C=C/C=C/C=C\C=C/C=C/CCCC(CC(=O)NC(CO)C(O)CCCCCCCCCCCCCCCCCCC)OC(=O)CCCCCCCCCCCCCCCCCC. The van der Waals surface area contributed by atoms with E-state index in [2.05, 4.69) is 38.2 Å². The van der Waals surface area contributed by atoms with Crippen molar-refractivity contribution in [1.29, 1.82) is 0 Å². The highest BCUT2D eigenvalue weighted by atomic mass is 16.5. The van der Waals surface area contributed by atoms with Crippen molar-refractivity contribution in [3.05, 3.63) is 60.8 Å². The number of allylic oxidation sites excluding steroid dienone is 10. The molecular formula is C59H107NO5. The van der Waals surface area contributed by atoms with Crippen LogP contribution in [-0.4, -0.2) is 46.9 Å². The Hall–Kier alpha value is -2.44. The molecule has 3 N–H and O–H groups in total. The van der Waals surface area contributed by atoms with Crippen LogP contribution in [0.5, 0.6) is 0 Å². The van der Waals surface area contributed by atoms with E-state index in [1.54, 1.807) is 0 Å². The van der Waals surface area contributed by atoms with Gasteiger partial charge in [-0.15, -0.1) is 0 Å².